The molecule has 0 aromatic rings. The van der Waals surface area contributed by atoms with Crippen LogP contribution in [0.2, 0.25) is 0 Å². The van der Waals surface area contributed by atoms with Gasteiger partial charge in [-0.1, -0.05) is 216 Å². The molecule has 0 spiro atoms. The van der Waals surface area contributed by atoms with Crippen molar-refractivity contribution in [3.05, 3.63) is 60.8 Å². The van der Waals surface area contributed by atoms with Gasteiger partial charge in [-0.05, 0) is 51.4 Å². The maximum atomic E-state index is 12.4. The number of esters is 1. The third-order valence-electron chi connectivity index (χ3n) is 10.8. The van der Waals surface area contributed by atoms with E-state index in [1.54, 1.807) is 0 Å². The summed E-state index contributed by atoms with van der Waals surface area (Å²) in [5, 5.41) is 21.9. The van der Waals surface area contributed by atoms with Crippen LogP contribution in [-0.4, -0.2) is 64.9 Å². The van der Waals surface area contributed by atoms with E-state index in [1.807, 2.05) is 12.2 Å². The molecule has 12 heteroatoms. The lowest BCUT2D eigenvalue weighted by Gasteiger charge is -2.18. The van der Waals surface area contributed by atoms with Gasteiger partial charge in [0.2, 0.25) is 5.91 Å². The number of phosphoric ester groups is 1. The molecule has 0 saturated carbocycles. The first-order valence-electron chi connectivity index (χ1n) is 25.3. The summed E-state index contributed by atoms with van der Waals surface area (Å²) in [6.45, 7) is 2.45. The number of allylic oxidation sites excluding steroid dienone is 10. The number of rotatable bonds is 47. The monoisotopic (exact) mass is 922 g/mol. The SMILES string of the molecule is CC/C=C\C/C=C\C/C=C\C/C=C\C/C=C\CCCC(=O)OCC(O)COP(=O)(O)OCC(NC(=O)CCCCCCCCCCCCCCCCCCCCCCCCC)C(=O)O. The fraction of sp³-hybridized carbons (Fsp3) is 0.750. The van der Waals surface area contributed by atoms with Crippen molar-refractivity contribution in [3.8, 4) is 0 Å². The van der Waals surface area contributed by atoms with Crippen LogP contribution in [0.4, 0.5) is 0 Å². The normalized spacial score (nSPS) is 14.1. The second-order valence-electron chi connectivity index (χ2n) is 17.0. The third-order valence-corrected chi connectivity index (χ3v) is 11.8. The zero-order valence-electron chi connectivity index (χ0n) is 40.3. The van der Waals surface area contributed by atoms with Crippen molar-refractivity contribution < 1.29 is 47.8 Å². The summed E-state index contributed by atoms with van der Waals surface area (Å²) < 4.78 is 26.9. The number of unbranched alkanes of at least 4 members (excludes halogenated alkanes) is 23. The Balaban J connectivity index is 3.87. The molecule has 0 saturated heterocycles. The largest absolute Gasteiger partial charge is 0.480 e. The minimum Gasteiger partial charge on any atom is -0.480 e. The minimum absolute atomic E-state index is 0.143. The maximum Gasteiger partial charge on any atom is 0.472 e. The number of carboxylic acid groups (broad SMARTS) is 1. The van der Waals surface area contributed by atoms with E-state index in [1.165, 1.54) is 122 Å². The van der Waals surface area contributed by atoms with Gasteiger partial charge in [0.15, 0.2) is 6.04 Å². The molecule has 370 valence electrons. The van der Waals surface area contributed by atoms with Crippen LogP contribution in [0.3, 0.4) is 0 Å². The van der Waals surface area contributed by atoms with Gasteiger partial charge in [0.25, 0.3) is 0 Å². The van der Waals surface area contributed by atoms with Crippen LogP contribution in [0, 0.1) is 0 Å². The van der Waals surface area contributed by atoms with Gasteiger partial charge in [-0.25, -0.2) is 9.36 Å². The highest BCUT2D eigenvalue weighted by Crippen LogP contribution is 2.43. The van der Waals surface area contributed by atoms with E-state index < -0.39 is 57.6 Å². The Kier molecular flexibility index (Phi) is 44.6. The molecule has 3 atom stereocenters. The van der Waals surface area contributed by atoms with Crippen molar-refractivity contribution >= 4 is 25.7 Å². The van der Waals surface area contributed by atoms with E-state index in [0.29, 0.717) is 19.3 Å². The number of carboxylic acids is 1. The molecule has 3 unspecified atom stereocenters. The topological polar surface area (TPSA) is 169 Å². The first-order chi connectivity index (χ1) is 31.1. The molecule has 0 radical (unpaired) electrons. The van der Waals surface area contributed by atoms with E-state index in [2.05, 4.69) is 67.8 Å². The van der Waals surface area contributed by atoms with E-state index in [0.717, 1.165) is 51.4 Å². The number of hydrogen-bond donors (Lipinski definition) is 4. The molecule has 0 rings (SSSR count). The van der Waals surface area contributed by atoms with E-state index in [-0.39, 0.29) is 12.8 Å². The van der Waals surface area contributed by atoms with Crippen molar-refractivity contribution in [2.24, 2.45) is 0 Å². The molecule has 0 aliphatic heterocycles. The van der Waals surface area contributed by atoms with Crippen molar-refractivity contribution in [3.63, 3.8) is 0 Å². The Bertz CT molecular complexity index is 1310. The first-order valence-corrected chi connectivity index (χ1v) is 26.8. The van der Waals surface area contributed by atoms with E-state index >= 15 is 0 Å². The zero-order valence-corrected chi connectivity index (χ0v) is 41.2. The van der Waals surface area contributed by atoms with Gasteiger partial charge in [-0.3, -0.25) is 18.6 Å². The van der Waals surface area contributed by atoms with Crippen LogP contribution < -0.4 is 5.32 Å². The molecule has 11 nitrogen and oxygen atoms in total. The summed E-state index contributed by atoms with van der Waals surface area (Å²) in [6.07, 6.45) is 55.4. The molecule has 0 bridgehead atoms. The molecule has 0 heterocycles. The zero-order chi connectivity index (χ0) is 47.0. The van der Waals surface area contributed by atoms with Crippen LogP contribution in [-0.2, 0) is 32.7 Å². The Morgan fingerprint density at radius 2 is 0.906 bits per heavy atom. The minimum atomic E-state index is -4.77. The molecule has 1 amide bonds. The fourth-order valence-electron chi connectivity index (χ4n) is 6.94. The standard InChI is InChI=1S/C52H92NO10P/c1-3-5-7-9-11-13-15-17-19-21-22-23-24-25-26-28-29-31-33-35-37-39-41-43-50(55)53-49(52(57)58)47-63-64(59,60)62-46-48(54)45-61-51(56)44-42-40-38-36-34-32-30-27-20-18-16-14-12-10-8-6-4-2/h6,8,12,14,18,20,30,32,36,38,48-49,54H,3-5,7,9-11,13,15-17,19,21-29,31,33-35,37,39-47H2,1-2H3,(H,53,55)(H,57,58)(H,59,60)/b8-6-,14-12-,20-18-,32-30-,38-36-. The maximum absolute atomic E-state index is 12.4. The Hall–Kier alpha value is -2.82. The Morgan fingerprint density at radius 3 is 1.33 bits per heavy atom. The molecule has 0 aliphatic carbocycles. The Morgan fingerprint density at radius 1 is 0.516 bits per heavy atom. The predicted octanol–water partition coefficient (Wildman–Crippen LogP) is 13.9. The van der Waals surface area contributed by atoms with Crippen molar-refractivity contribution in [2.45, 2.75) is 231 Å². The van der Waals surface area contributed by atoms with Gasteiger partial charge in [0, 0.05) is 12.8 Å². The number of carbonyl (C=O) groups excluding carboxylic acids is 2. The van der Waals surface area contributed by atoms with Crippen molar-refractivity contribution in [1.82, 2.24) is 5.32 Å². The molecular weight excluding hydrogens is 830 g/mol. The summed E-state index contributed by atoms with van der Waals surface area (Å²) in [4.78, 5) is 46.1. The Labute approximate surface area is 389 Å². The number of phosphoric acid groups is 1. The second-order valence-corrected chi connectivity index (χ2v) is 18.4. The second kappa shape index (κ2) is 46.7. The molecule has 0 aromatic heterocycles. The summed E-state index contributed by atoms with van der Waals surface area (Å²) >= 11 is 0. The van der Waals surface area contributed by atoms with Gasteiger partial charge in [-0.15, -0.1) is 0 Å². The summed E-state index contributed by atoms with van der Waals surface area (Å²) in [5.74, 6) is -2.43. The van der Waals surface area contributed by atoms with Crippen LogP contribution in [0.25, 0.3) is 0 Å². The number of aliphatic carboxylic acids is 1. The van der Waals surface area contributed by atoms with Crippen molar-refractivity contribution in [1.29, 1.82) is 0 Å². The predicted molar refractivity (Wildman–Crippen MR) is 263 cm³/mol. The molecule has 0 fully saturated rings. The summed E-state index contributed by atoms with van der Waals surface area (Å²) in [5.41, 5.74) is 0. The fourth-order valence-corrected chi connectivity index (χ4v) is 7.71. The molecule has 0 aliphatic rings. The third kappa shape index (κ3) is 45.7. The number of carbonyl (C=O) groups is 3. The van der Waals surface area contributed by atoms with Crippen LogP contribution in [0.1, 0.15) is 219 Å². The number of aliphatic hydroxyl groups is 1. The van der Waals surface area contributed by atoms with Gasteiger partial charge in [-0.2, -0.15) is 0 Å². The highest BCUT2D eigenvalue weighted by molar-refractivity contribution is 7.47. The van der Waals surface area contributed by atoms with Gasteiger partial charge in [0.1, 0.15) is 12.7 Å². The molecular formula is C52H92NO10P. The van der Waals surface area contributed by atoms with Gasteiger partial charge >= 0.3 is 19.8 Å². The number of amides is 1. The van der Waals surface area contributed by atoms with Gasteiger partial charge in [0.05, 0.1) is 13.2 Å². The number of hydrogen-bond acceptors (Lipinski definition) is 8. The quantitative estimate of drug-likeness (QED) is 0.0199. The number of ether oxygens (including phenoxy) is 1. The number of aliphatic hydroxyl groups excluding tert-OH is 1. The average molecular weight is 922 g/mol. The average Bonchev–Trinajstić information content (AvgIpc) is 3.27. The molecule has 4 N–H and O–H groups in total. The van der Waals surface area contributed by atoms with Crippen molar-refractivity contribution in [2.75, 3.05) is 19.8 Å². The lowest BCUT2D eigenvalue weighted by molar-refractivity contribution is -0.147. The van der Waals surface area contributed by atoms with Crippen LogP contribution in [0.5, 0.6) is 0 Å². The highest BCUT2D eigenvalue weighted by Gasteiger charge is 2.28. The highest BCUT2D eigenvalue weighted by atomic mass is 31.2. The smallest absolute Gasteiger partial charge is 0.472 e. The summed E-state index contributed by atoms with van der Waals surface area (Å²) in [6, 6.07) is -1.55. The van der Waals surface area contributed by atoms with Crippen LogP contribution in [0.15, 0.2) is 60.8 Å². The molecule has 0 aromatic carbocycles. The summed E-state index contributed by atoms with van der Waals surface area (Å²) in [7, 11) is -4.77. The van der Waals surface area contributed by atoms with E-state index in [4.69, 9.17) is 13.8 Å². The number of nitrogens with one attached hydrogen (secondary N) is 1. The van der Waals surface area contributed by atoms with E-state index in [9.17, 15) is 34.1 Å². The van der Waals surface area contributed by atoms with Crippen LogP contribution >= 0.6 is 7.82 Å². The lowest BCUT2D eigenvalue weighted by atomic mass is 10.0. The lowest BCUT2D eigenvalue weighted by Crippen LogP contribution is -2.43. The first kappa shape index (κ1) is 61.2. The molecule has 64 heavy (non-hydrogen) atoms. The van der Waals surface area contributed by atoms with Gasteiger partial charge < -0.3 is 25.2 Å².